The molecule has 1 fully saturated rings. The number of aromatic nitrogens is 1. The Morgan fingerprint density at radius 1 is 0.971 bits per heavy atom. The quantitative estimate of drug-likeness (QED) is 0.276. The number of benzene rings is 2. The first kappa shape index (κ1) is 23.5. The van der Waals surface area contributed by atoms with Gasteiger partial charge in [-0.2, -0.15) is 0 Å². The van der Waals surface area contributed by atoms with Crippen LogP contribution < -0.4 is 19.7 Å². The Labute approximate surface area is 218 Å². The predicted octanol–water partition coefficient (Wildman–Crippen LogP) is 6.84. The number of furan rings is 1. The molecule has 0 spiro atoms. The Morgan fingerprint density at radius 2 is 1.83 bits per heavy atom. The third-order valence-electron chi connectivity index (χ3n) is 5.87. The number of thiocarbonyl (C=S) groups is 1. The van der Waals surface area contributed by atoms with Gasteiger partial charge in [0.1, 0.15) is 29.1 Å². The van der Waals surface area contributed by atoms with Gasteiger partial charge in [-0.25, -0.2) is 0 Å². The van der Waals surface area contributed by atoms with Crippen LogP contribution in [0.3, 0.4) is 0 Å². The average Bonchev–Trinajstić information content (AvgIpc) is 3.50. The van der Waals surface area contributed by atoms with E-state index in [0.717, 1.165) is 16.9 Å². The molecule has 2 atom stereocenters. The van der Waals surface area contributed by atoms with E-state index >= 15 is 0 Å². The van der Waals surface area contributed by atoms with Crippen molar-refractivity contribution in [2.24, 2.45) is 0 Å². The van der Waals surface area contributed by atoms with Gasteiger partial charge in [-0.1, -0.05) is 29.3 Å². The van der Waals surface area contributed by atoms with Gasteiger partial charge in [-0.3, -0.25) is 4.98 Å². The van der Waals surface area contributed by atoms with Crippen LogP contribution in [0.5, 0.6) is 11.5 Å². The Kier molecular flexibility index (Phi) is 6.56. The molecule has 0 amide bonds. The van der Waals surface area contributed by atoms with Crippen molar-refractivity contribution in [3.63, 3.8) is 0 Å². The van der Waals surface area contributed by atoms with E-state index in [-0.39, 0.29) is 12.1 Å². The summed E-state index contributed by atoms with van der Waals surface area (Å²) in [5.74, 6) is 2.67. The predicted molar refractivity (Wildman–Crippen MR) is 142 cm³/mol. The number of methoxy groups -OCH3 is 2. The highest BCUT2D eigenvalue weighted by atomic mass is 35.5. The lowest BCUT2D eigenvalue weighted by Gasteiger charge is -2.27. The van der Waals surface area contributed by atoms with E-state index in [1.165, 1.54) is 0 Å². The van der Waals surface area contributed by atoms with Gasteiger partial charge in [0.2, 0.25) is 0 Å². The monoisotopic (exact) mass is 525 g/mol. The van der Waals surface area contributed by atoms with Gasteiger partial charge in [0.25, 0.3) is 0 Å². The fourth-order valence-electron chi connectivity index (χ4n) is 4.20. The fraction of sp³-hybridized carbons (Fsp3) is 0.154. The lowest BCUT2D eigenvalue weighted by atomic mass is 10.0. The molecule has 0 radical (unpaired) electrons. The number of nitrogens with one attached hydrogen (secondary N) is 1. The summed E-state index contributed by atoms with van der Waals surface area (Å²) in [7, 11) is 3.23. The largest absolute Gasteiger partial charge is 0.497 e. The van der Waals surface area contributed by atoms with E-state index in [4.69, 9.17) is 49.3 Å². The summed E-state index contributed by atoms with van der Waals surface area (Å²) >= 11 is 18.1. The summed E-state index contributed by atoms with van der Waals surface area (Å²) in [5.41, 5.74) is 2.44. The minimum absolute atomic E-state index is 0.261. The molecule has 1 N–H and O–H groups in total. The molecule has 178 valence electrons. The molecule has 2 aromatic heterocycles. The molecule has 1 saturated heterocycles. The number of hydrogen-bond acceptors (Lipinski definition) is 5. The molecule has 4 aromatic rings. The molecule has 1 aliphatic rings. The van der Waals surface area contributed by atoms with Gasteiger partial charge in [0, 0.05) is 17.8 Å². The van der Waals surface area contributed by atoms with Gasteiger partial charge in [-0.05, 0) is 66.8 Å². The molecule has 3 heterocycles. The molecule has 0 aliphatic carbocycles. The van der Waals surface area contributed by atoms with Crippen molar-refractivity contribution in [2.45, 2.75) is 12.1 Å². The van der Waals surface area contributed by atoms with E-state index < -0.39 is 0 Å². The number of anilines is 1. The van der Waals surface area contributed by atoms with Crippen molar-refractivity contribution < 1.29 is 13.9 Å². The number of nitrogens with zero attached hydrogens (tertiary/aromatic N) is 2. The van der Waals surface area contributed by atoms with Crippen LogP contribution in [0.4, 0.5) is 5.69 Å². The fourth-order valence-corrected chi connectivity index (χ4v) is 4.84. The molecule has 35 heavy (non-hydrogen) atoms. The van der Waals surface area contributed by atoms with E-state index in [9.17, 15) is 0 Å². The van der Waals surface area contributed by atoms with Crippen LogP contribution in [-0.2, 0) is 0 Å². The zero-order chi connectivity index (χ0) is 24.5. The van der Waals surface area contributed by atoms with Crippen LogP contribution >= 0.6 is 35.4 Å². The van der Waals surface area contributed by atoms with Gasteiger partial charge >= 0.3 is 0 Å². The van der Waals surface area contributed by atoms with Crippen molar-refractivity contribution in [1.29, 1.82) is 0 Å². The van der Waals surface area contributed by atoms with Crippen molar-refractivity contribution in [1.82, 2.24) is 10.3 Å². The maximum absolute atomic E-state index is 6.38. The van der Waals surface area contributed by atoms with Crippen LogP contribution in [0.25, 0.3) is 11.3 Å². The minimum atomic E-state index is -0.337. The SMILES string of the molecule is COc1ccc(N2C(=S)N[C@H](c3ccccn3)[C@@H]2c2ccc(-c3ccc(Cl)c(Cl)c3)o2)c(OC)c1. The minimum Gasteiger partial charge on any atom is -0.497 e. The van der Waals surface area contributed by atoms with Gasteiger partial charge in [0.15, 0.2) is 5.11 Å². The molecule has 5 rings (SSSR count). The van der Waals surface area contributed by atoms with E-state index in [1.807, 2.05) is 59.5 Å². The van der Waals surface area contributed by atoms with Crippen molar-refractivity contribution in [3.05, 3.63) is 94.4 Å². The number of rotatable bonds is 6. The number of halogens is 2. The van der Waals surface area contributed by atoms with Crippen LogP contribution in [-0.4, -0.2) is 24.3 Å². The second-order valence-electron chi connectivity index (χ2n) is 7.87. The van der Waals surface area contributed by atoms with E-state index in [1.54, 1.807) is 32.5 Å². The lowest BCUT2D eigenvalue weighted by Crippen LogP contribution is -2.29. The van der Waals surface area contributed by atoms with Gasteiger partial charge in [-0.15, -0.1) is 0 Å². The summed E-state index contributed by atoms with van der Waals surface area (Å²) < 4.78 is 17.5. The highest BCUT2D eigenvalue weighted by Gasteiger charge is 2.43. The second-order valence-corrected chi connectivity index (χ2v) is 9.07. The summed E-state index contributed by atoms with van der Waals surface area (Å²) in [4.78, 5) is 6.57. The summed E-state index contributed by atoms with van der Waals surface area (Å²) in [6.45, 7) is 0. The van der Waals surface area contributed by atoms with Crippen molar-refractivity contribution in [2.75, 3.05) is 19.1 Å². The second kappa shape index (κ2) is 9.77. The maximum Gasteiger partial charge on any atom is 0.174 e. The van der Waals surface area contributed by atoms with Crippen molar-refractivity contribution >= 4 is 46.2 Å². The first-order chi connectivity index (χ1) is 17.0. The normalized spacial score (nSPS) is 17.4. The Bertz CT molecular complexity index is 1380. The van der Waals surface area contributed by atoms with Crippen LogP contribution in [0.2, 0.25) is 10.0 Å². The lowest BCUT2D eigenvalue weighted by molar-refractivity contribution is 0.392. The van der Waals surface area contributed by atoms with Crippen LogP contribution in [0, 0.1) is 0 Å². The highest BCUT2D eigenvalue weighted by molar-refractivity contribution is 7.80. The van der Waals surface area contributed by atoms with E-state index in [2.05, 4.69) is 10.3 Å². The van der Waals surface area contributed by atoms with Gasteiger partial charge in [0.05, 0.1) is 41.7 Å². The third kappa shape index (κ3) is 4.43. The number of ether oxygens (including phenoxy) is 2. The Morgan fingerprint density at radius 3 is 2.54 bits per heavy atom. The molecule has 6 nitrogen and oxygen atoms in total. The number of pyridine rings is 1. The Balaban J connectivity index is 1.62. The summed E-state index contributed by atoms with van der Waals surface area (Å²) in [6, 6.07) is 20.1. The molecule has 9 heteroatoms. The molecule has 1 aliphatic heterocycles. The topological polar surface area (TPSA) is 59.8 Å². The zero-order valence-electron chi connectivity index (χ0n) is 18.9. The molecule has 0 unspecified atom stereocenters. The van der Waals surface area contributed by atoms with Crippen molar-refractivity contribution in [3.8, 4) is 22.8 Å². The molecule has 2 aromatic carbocycles. The Hall–Kier alpha value is -3.26. The summed E-state index contributed by atoms with van der Waals surface area (Å²) in [5, 5.41) is 4.90. The number of hydrogen-bond donors (Lipinski definition) is 1. The van der Waals surface area contributed by atoms with E-state index in [0.29, 0.717) is 38.2 Å². The standard InChI is InChI=1S/C26H21Cl2N3O3S/c1-32-16-7-9-20(23(14-16)33-2)31-25(24(30-26(31)35)19-5-3-4-12-29-19)22-11-10-21(34-22)15-6-8-17(27)18(28)13-15/h3-14,24-25H,1-2H3,(H,30,35)/t24-,25+/m1/s1. The first-order valence-electron chi connectivity index (χ1n) is 10.8. The molecule has 0 saturated carbocycles. The van der Waals surface area contributed by atoms with Crippen LogP contribution in [0.1, 0.15) is 23.5 Å². The smallest absolute Gasteiger partial charge is 0.174 e. The third-order valence-corrected chi connectivity index (χ3v) is 6.92. The zero-order valence-corrected chi connectivity index (χ0v) is 21.2. The maximum atomic E-state index is 6.38. The summed E-state index contributed by atoms with van der Waals surface area (Å²) in [6.07, 6.45) is 1.76. The molecular formula is C26H21Cl2N3O3S. The van der Waals surface area contributed by atoms with Gasteiger partial charge < -0.3 is 24.1 Å². The molecular weight excluding hydrogens is 505 g/mol. The average molecular weight is 526 g/mol. The first-order valence-corrected chi connectivity index (χ1v) is 11.9. The van der Waals surface area contributed by atoms with Crippen LogP contribution in [0.15, 0.2) is 77.3 Å². The highest BCUT2D eigenvalue weighted by Crippen LogP contribution is 2.46. The molecule has 0 bridgehead atoms.